The average Bonchev–Trinajstić information content (AvgIpc) is 2.69. The fourth-order valence-electron chi connectivity index (χ4n) is 2.63. The molecule has 0 aliphatic rings. The van der Waals surface area contributed by atoms with Crippen molar-refractivity contribution in [3.63, 3.8) is 0 Å². The number of thiocarbonyl (C=S) groups is 1. The molecule has 0 unspecified atom stereocenters. The van der Waals surface area contributed by atoms with Crippen molar-refractivity contribution >= 4 is 60.8 Å². The first-order chi connectivity index (χ1) is 14.0. The quantitative estimate of drug-likeness (QED) is 0.384. The predicted molar refractivity (Wildman–Crippen MR) is 128 cm³/mol. The van der Waals surface area contributed by atoms with Gasteiger partial charge in [0.25, 0.3) is 5.91 Å². The Bertz CT molecular complexity index is 1010. The van der Waals surface area contributed by atoms with Gasteiger partial charge in [-0.15, -0.1) is 0 Å². The highest BCUT2D eigenvalue weighted by molar-refractivity contribution is 9.10. The fourth-order valence-corrected chi connectivity index (χ4v) is 3.60. The van der Waals surface area contributed by atoms with Crippen molar-refractivity contribution in [2.75, 3.05) is 11.9 Å². The Morgan fingerprint density at radius 3 is 2.45 bits per heavy atom. The molecule has 148 valence electrons. The highest BCUT2D eigenvalue weighted by Crippen LogP contribution is 2.24. The molecular weight excluding hydrogens is 516 g/mol. The lowest BCUT2D eigenvalue weighted by Gasteiger charge is -2.14. The maximum atomic E-state index is 12.8. The Morgan fingerprint density at radius 1 is 0.931 bits per heavy atom. The number of anilines is 1. The second-order valence-electron chi connectivity index (χ2n) is 6.14. The van der Waals surface area contributed by atoms with Crippen molar-refractivity contribution < 1.29 is 9.53 Å². The summed E-state index contributed by atoms with van der Waals surface area (Å²) in [5, 5.41) is 5.92. The van der Waals surface area contributed by atoms with Crippen molar-refractivity contribution in [1.29, 1.82) is 0 Å². The van der Waals surface area contributed by atoms with E-state index in [2.05, 4.69) is 42.5 Å². The second-order valence-corrected chi connectivity index (χ2v) is 8.38. The van der Waals surface area contributed by atoms with Gasteiger partial charge in [-0.2, -0.15) is 0 Å². The van der Waals surface area contributed by atoms with E-state index in [9.17, 15) is 4.79 Å². The zero-order chi connectivity index (χ0) is 20.6. The van der Waals surface area contributed by atoms with Gasteiger partial charge in [-0.05, 0) is 54.2 Å². The van der Waals surface area contributed by atoms with Crippen LogP contribution in [0.2, 0.25) is 0 Å². The number of nitrogens with one attached hydrogen (secondary N) is 2. The van der Waals surface area contributed by atoms with Crippen LogP contribution < -0.4 is 15.4 Å². The topological polar surface area (TPSA) is 50.4 Å². The predicted octanol–water partition coefficient (Wildman–Crippen LogP) is 5.96. The van der Waals surface area contributed by atoms with Crippen LogP contribution in [0.5, 0.6) is 5.75 Å². The van der Waals surface area contributed by atoms with Gasteiger partial charge < -0.3 is 10.1 Å². The van der Waals surface area contributed by atoms with E-state index in [0.29, 0.717) is 17.9 Å². The maximum absolute atomic E-state index is 12.8. The summed E-state index contributed by atoms with van der Waals surface area (Å²) in [6.45, 7) is 0.465. The first-order valence-electron chi connectivity index (χ1n) is 8.85. The minimum atomic E-state index is -0.339. The van der Waals surface area contributed by atoms with Crippen LogP contribution in [0, 0.1) is 0 Å². The van der Waals surface area contributed by atoms with E-state index in [0.717, 1.165) is 21.1 Å². The molecule has 1 amide bonds. The summed E-state index contributed by atoms with van der Waals surface area (Å²) in [6.07, 6.45) is 0.751. The number of halogens is 2. The zero-order valence-corrected chi connectivity index (χ0v) is 19.3. The first kappa shape index (κ1) is 21.5. The minimum absolute atomic E-state index is 0.211. The smallest absolute Gasteiger partial charge is 0.261 e. The lowest BCUT2D eigenvalue weighted by atomic mass is 10.1. The van der Waals surface area contributed by atoms with E-state index in [1.165, 1.54) is 5.56 Å². The molecule has 0 saturated carbocycles. The van der Waals surface area contributed by atoms with Crippen LogP contribution in [-0.4, -0.2) is 17.6 Å². The van der Waals surface area contributed by atoms with Crippen molar-refractivity contribution in [2.24, 2.45) is 0 Å². The van der Waals surface area contributed by atoms with Crippen LogP contribution in [0.25, 0.3) is 0 Å². The summed E-state index contributed by atoms with van der Waals surface area (Å²) in [5.74, 6) is 0.167. The Hall–Kier alpha value is -2.22. The first-order valence-corrected chi connectivity index (χ1v) is 10.8. The van der Waals surface area contributed by atoms with Crippen LogP contribution in [0.1, 0.15) is 15.9 Å². The third-order valence-corrected chi connectivity index (χ3v) is 5.18. The third kappa shape index (κ3) is 6.66. The van der Waals surface area contributed by atoms with Crippen LogP contribution >= 0.6 is 44.1 Å². The van der Waals surface area contributed by atoms with E-state index >= 15 is 0 Å². The van der Waals surface area contributed by atoms with Gasteiger partial charge in [0, 0.05) is 21.1 Å². The summed E-state index contributed by atoms with van der Waals surface area (Å²) in [4.78, 5) is 12.8. The van der Waals surface area contributed by atoms with E-state index in [1.54, 1.807) is 12.1 Å². The van der Waals surface area contributed by atoms with Crippen LogP contribution in [0.15, 0.2) is 81.7 Å². The number of benzene rings is 3. The van der Waals surface area contributed by atoms with E-state index in [1.807, 2.05) is 60.7 Å². The van der Waals surface area contributed by atoms with Gasteiger partial charge in [0.2, 0.25) is 0 Å². The third-order valence-electron chi connectivity index (χ3n) is 3.99. The molecule has 2 N–H and O–H groups in total. The van der Waals surface area contributed by atoms with Gasteiger partial charge in [0.1, 0.15) is 5.75 Å². The molecule has 3 rings (SSSR count). The van der Waals surface area contributed by atoms with Gasteiger partial charge in [0.05, 0.1) is 12.2 Å². The SMILES string of the molecule is O=C(NC(=S)Nc1cccc(Br)c1)c1cc(Br)ccc1OCCc1ccccc1. The van der Waals surface area contributed by atoms with Crippen LogP contribution in [0.3, 0.4) is 0 Å². The van der Waals surface area contributed by atoms with Crippen molar-refractivity contribution in [1.82, 2.24) is 5.32 Å². The molecule has 0 spiro atoms. The monoisotopic (exact) mass is 532 g/mol. The number of hydrogen-bond donors (Lipinski definition) is 2. The van der Waals surface area contributed by atoms with Crippen LogP contribution in [-0.2, 0) is 6.42 Å². The molecule has 0 radical (unpaired) electrons. The molecule has 0 fully saturated rings. The molecule has 3 aromatic rings. The standard InChI is InChI=1S/C22H18Br2N2O2S/c23-16-7-4-8-18(13-16)25-22(29)26-21(27)19-14-17(24)9-10-20(19)28-12-11-15-5-2-1-3-6-15/h1-10,13-14H,11-12H2,(H2,25,26,27,29). The fraction of sp³-hybridized carbons (Fsp3) is 0.0909. The van der Waals surface area contributed by atoms with Gasteiger partial charge in [-0.1, -0.05) is 68.3 Å². The number of hydrogen-bond acceptors (Lipinski definition) is 3. The normalized spacial score (nSPS) is 10.3. The maximum Gasteiger partial charge on any atom is 0.261 e. The van der Waals surface area contributed by atoms with E-state index in [4.69, 9.17) is 17.0 Å². The summed E-state index contributed by atoms with van der Waals surface area (Å²) in [5.41, 5.74) is 2.36. The summed E-state index contributed by atoms with van der Waals surface area (Å²) < 4.78 is 7.58. The highest BCUT2D eigenvalue weighted by atomic mass is 79.9. The summed E-state index contributed by atoms with van der Waals surface area (Å²) in [6, 6.07) is 22.9. The molecule has 7 heteroatoms. The molecule has 29 heavy (non-hydrogen) atoms. The van der Waals surface area contributed by atoms with Gasteiger partial charge in [-0.25, -0.2) is 0 Å². The lowest BCUT2D eigenvalue weighted by Crippen LogP contribution is -2.34. The number of carbonyl (C=O) groups excluding carboxylic acids is 1. The molecule has 3 aromatic carbocycles. The molecule has 0 bridgehead atoms. The Morgan fingerprint density at radius 2 is 1.69 bits per heavy atom. The molecule has 0 aromatic heterocycles. The molecular formula is C22H18Br2N2O2S. The number of rotatable bonds is 6. The second kappa shape index (κ2) is 10.5. The molecule has 0 saturated heterocycles. The van der Waals surface area contributed by atoms with Crippen molar-refractivity contribution in [3.8, 4) is 5.75 Å². The Balaban J connectivity index is 1.64. The lowest BCUT2D eigenvalue weighted by molar-refractivity contribution is 0.0973. The number of ether oxygens (including phenoxy) is 1. The van der Waals surface area contributed by atoms with Gasteiger partial charge >= 0.3 is 0 Å². The van der Waals surface area contributed by atoms with E-state index in [-0.39, 0.29) is 11.0 Å². The minimum Gasteiger partial charge on any atom is -0.492 e. The molecule has 4 nitrogen and oxygen atoms in total. The largest absolute Gasteiger partial charge is 0.492 e. The zero-order valence-electron chi connectivity index (χ0n) is 15.3. The van der Waals surface area contributed by atoms with Crippen molar-refractivity contribution in [2.45, 2.75) is 6.42 Å². The Labute approximate surface area is 191 Å². The molecule has 0 aliphatic heterocycles. The van der Waals surface area contributed by atoms with Crippen LogP contribution in [0.4, 0.5) is 5.69 Å². The molecule has 0 heterocycles. The molecule has 0 aliphatic carbocycles. The van der Waals surface area contributed by atoms with Gasteiger partial charge in [0.15, 0.2) is 5.11 Å². The van der Waals surface area contributed by atoms with Crippen molar-refractivity contribution in [3.05, 3.63) is 92.9 Å². The number of carbonyl (C=O) groups is 1. The molecule has 0 atom stereocenters. The average molecular weight is 534 g/mol. The Kier molecular flexibility index (Phi) is 7.80. The highest BCUT2D eigenvalue weighted by Gasteiger charge is 2.15. The van der Waals surface area contributed by atoms with E-state index < -0.39 is 0 Å². The summed E-state index contributed by atoms with van der Waals surface area (Å²) >= 11 is 12.1. The van der Waals surface area contributed by atoms with Gasteiger partial charge in [-0.3, -0.25) is 10.1 Å². The number of amides is 1. The summed E-state index contributed by atoms with van der Waals surface area (Å²) in [7, 11) is 0.